The van der Waals surface area contributed by atoms with Crippen molar-refractivity contribution in [1.29, 1.82) is 0 Å². The van der Waals surface area contributed by atoms with Gasteiger partial charge in [-0.3, -0.25) is 4.90 Å². The molecule has 1 aliphatic heterocycles. The molecule has 2 atom stereocenters. The molecule has 1 saturated carbocycles. The second-order valence-electron chi connectivity index (χ2n) is 8.68. The van der Waals surface area contributed by atoms with Gasteiger partial charge >= 0.3 is 12.1 Å². The highest BCUT2D eigenvalue weighted by Gasteiger charge is 2.38. The molecule has 0 aromatic carbocycles. The van der Waals surface area contributed by atoms with Crippen LogP contribution in [0.15, 0.2) is 0 Å². The van der Waals surface area contributed by atoms with Crippen molar-refractivity contribution < 1.29 is 19.1 Å². The lowest BCUT2D eigenvalue weighted by atomic mass is 9.81. The quantitative estimate of drug-likeness (QED) is 0.697. The highest BCUT2D eigenvalue weighted by Crippen LogP contribution is 2.33. The Balaban J connectivity index is 1.92. The number of hydrogen-bond acceptors (Lipinski definition) is 4. The van der Waals surface area contributed by atoms with Crippen LogP contribution in [0, 0.1) is 11.8 Å². The number of rotatable bonds is 4. The molecule has 0 aromatic heterocycles. The van der Waals surface area contributed by atoms with E-state index in [0.29, 0.717) is 18.9 Å². The Hall–Kier alpha value is -1.26. The number of carbonyl (C=O) groups is 2. The van der Waals surface area contributed by atoms with Gasteiger partial charge in [-0.05, 0) is 45.4 Å². The highest BCUT2D eigenvalue weighted by molar-refractivity contribution is 5.81. The minimum absolute atomic E-state index is 0.326. The Kier molecular flexibility index (Phi) is 7.14. The van der Waals surface area contributed by atoms with Gasteiger partial charge < -0.3 is 9.47 Å². The van der Waals surface area contributed by atoms with Crippen molar-refractivity contribution in [3.63, 3.8) is 0 Å². The number of esters is 1. The van der Waals surface area contributed by atoms with Gasteiger partial charge in [0.05, 0.1) is 7.11 Å². The third kappa shape index (κ3) is 6.19. The monoisotopic (exact) mass is 353 g/mol. The van der Waals surface area contributed by atoms with Crippen molar-refractivity contribution in [3.8, 4) is 0 Å². The maximum absolute atomic E-state index is 12.5. The number of hydrogen-bond donors (Lipinski definition) is 0. The van der Waals surface area contributed by atoms with Crippen molar-refractivity contribution in [2.24, 2.45) is 11.8 Å². The normalized spacial score (nSPS) is 25.5. The number of likely N-dealkylation sites (tertiary alicyclic amines) is 1. The first-order chi connectivity index (χ1) is 11.8. The lowest BCUT2D eigenvalue weighted by molar-refractivity contribution is -0.149. The lowest BCUT2D eigenvalue weighted by Gasteiger charge is -2.38. The molecule has 1 amide bonds. The fourth-order valence-corrected chi connectivity index (χ4v) is 4.15. The molecule has 2 aliphatic rings. The number of piperidine rings is 1. The van der Waals surface area contributed by atoms with Gasteiger partial charge in [-0.25, -0.2) is 9.59 Å². The molecule has 25 heavy (non-hydrogen) atoms. The van der Waals surface area contributed by atoms with Crippen molar-refractivity contribution in [3.05, 3.63) is 0 Å². The number of carbonyl (C=O) groups excluding carboxylic acids is 2. The van der Waals surface area contributed by atoms with Gasteiger partial charge in [0.1, 0.15) is 11.6 Å². The first-order valence-corrected chi connectivity index (χ1v) is 9.87. The molecule has 0 radical (unpaired) electrons. The Bertz CT molecular complexity index is 451. The highest BCUT2D eigenvalue weighted by atomic mass is 16.6. The molecule has 1 saturated heterocycles. The first kappa shape index (κ1) is 20.1. The Labute approximate surface area is 152 Å². The second-order valence-corrected chi connectivity index (χ2v) is 8.68. The van der Waals surface area contributed by atoms with E-state index in [9.17, 15) is 9.59 Å². The maximum Gasteiger partial charge on any atom is 0.411 e. The molecule has 1 aliphatic carbocycles. The molecule has 0 N–H and O–H groups in total. The van der Waals surface area contributed by atoms with Crippen LogP contribution in [0.25, 0.3) is 0 Å². The van der Waals surface area contributed by atoms with Gasteiger partial charge in [-0.1, -0.05) is 44.9 Å². The van der Waals surface area contributed by atoms with Gasteiger partial charge in [0.2, 0.25) is 0 Å². The molecule has 2 fully saturated rings. The maximum atomic E-state index is 12.5. The van der Waals surface area contributed by atoms with Crippen molar-refractivity contribution >= 4 is 12.1 Å². The van der Waals surface area contributed by atoms with Gasteiger partial charge in [0, 0.05) is 6.54 Å². The summed E-state index contributed by atoms with van der Waals surface area (Å²) in [4.78, 5) is 26.2. The van der Waals surface area contributed by atoms with Crippen LogP contribution in [0.2, 0.25) is 0 Å². The Morgan fingerprint density at radius 3 is 2.24 bits per heavy atom. The summed E-state index contributed by atoms with van der Waals surface area (Å²) in [7, 11) is 1.39. The smallest absolute Gasteiger partial charge is 0.411 e. The molecule has 5 nitrogen and oxygen atoms in total. The van der Waals surface area contributed by atoms with Crippen LogP contribution < -0.4 is 0 Å². The molecular weight excluding hydrogens is 318 g/mol. The summed E-state index contributed by atoms with van der Waals surface area (Å²) in [6.45, 7) is 6.10. The van der Waals surface area contributed by atoms with E-state index < -0.39 is 17.7 Å². The van der Waals surface area contributed by atoms with Gasteiger partial charge in [0.15, 0.2) is 0 Å². The number of nitrogens with zero attached hydrogens (tertiary/aromatic N) is 1. The number of amides is 1. The molecule has 1 heterocycles. The summed E-state index contributed by atoms with van der Waals surface area (Å²) in [5.41, 5.74) is -0.560. The van der Waals surface area contributed by atoms with Crippen molar-refractivity contribution in [1.82, 2.24) is 4.90 Å². The minimum Gasteiger partial charge on any atom is -0.467 e. The van der Waals surface area contributed by atoms with E-state index in [1.54, 1.807) is 4.90 Å². The SMILES string of the molecule is COC(=O)[C@H]1C[C@@H](CCC2CCCCC2)CCN1C(=O)OC(C)(C)C. The van der Waals surface area contributed by atoms with E-state index in [2.05, 4.69) is 0 Å². The molecule has 144 valence electrons. The largest absolute Gasteiger partial charge is 0.467 e. The minimum atomic E-state index is -0.560. The summed E-state index contributed by atoms with van der Waals surface area (Å²) in [5.74, 6) is 1.02. The van der Waals surface area contributed by atoms with Crippen LogP contribution in [0.3, 0.4) is 0 Å². The zero-order chi connectivity index (χ0) is 18.4. The second kappa shape index (κ2) is 8.91. The summed E-state index contributed by atoms with van der Waals surface area (Å²) in [6, 6.07) is -0.509. The molecule has 0 aromatic rings. The van der Waals surface area contributed by atoms with Gasteiger partial charge in [-0.15, -0.1) is 0 Å². The Morgan fingerprint density at radius 1 is 1.00 bits per heavy atom. The van der Waals surface area contributed by atoms with Crippen molar-refractivity contribution in [2.75, 3.05) is 13.7 Å². The average molecular weight is 354 g/mol. The first-order valence-electron chi connectivity index (χ1n) is 9.87. The summed E-state index contributed by atoms with van der Waals surface area (Å²) in [6.07, 6.45) is 10.5. The standard InChI is InChI=1S/C20H35NO4/c1-20(2,3)25-19(23)21-13-12-16(14-17(21)18(22)24-4)11-10-15-8-6-5-7-9-15/h15-17H,5-14H2,1-4H3/t16-,17+/m0/s1. The molecule has 2 rings (SSSR count). The van der Waals surface area contributed by atoms with Crippen LogP contribution in [0.4, 0.5) is 4.79 Å². The summed E-state index contributed by atoms with van der Waals surface area (Å²) < 4.78 is 10.4. The molecule has 0 unspecified atom stereocenters. The predicted octanol–water partition coefficient (Wildman–Crippen LogP) is 4.54. The average Bonchev–Trinajstić information content (AvgIpc) is 2.58. The van der Waals surface area contributed by atoms with Crippen LogP contribution >= 0.6 is 0 Å². The van der Waals surface area contributed by atoms with Crippen LogP contribution in [0.1, 0.15) is 78.6 Å². The number of methoxy groups -OCH3 is 1. The fourth-order valence-electron chi connectivity index (χ4n) is 4.15. The van der Waals surface area contributed by atoms with E-state index in [4.69, 9.17) is 9.47 Å². The topological polar surface area (TPSA) is 55.8 Å². The Morgan fingerprint density at radius 2 is 1.64 bits per heavy atom. The molecular formula is C20H35NO4. The third-order valence-electron chi connectivity index (χ3n) is 5.52. The molecule has 5 heteroatoms. The van der Waals surface area contributed by atoms with Crippen LogP contribution in [-0.2, 0) is 14.3 Å². The lowest BCUT2D eigenvalue weighted by Crippen LogP contribution is -2.52. The van der Waals surface area contributed by atoms with E-state index in [-0.39, 0.29) is 5.97 Å². The van der Waals surface area contributed by atoms with E-state index in [0.717, 1.165) is 18.8 Å². The zero-order valence-electron chi connectivity index (χ0n) is 16.4. The van der Waals surface area contributed by atoms with E-state index in [1.165, 1.54) is 45.6 Å². The van der Waals surface area contributed by atoms with Gasteiger partial charge in [-0.2, -0.15) is 0 Å². The zero-order valence-corrected chi connectivity index (χ0v) is 16.4. The fraction of sp³-hybridized carbons (Fsp3) is 0.900. The molecule has 0 bridgehead atoms. The number of ether oxygens (including phenoxy) is 2. The van der Waals surface area contributed by atoms with E-state index >= 15 is 0 Å². The summed E-state index contributed by atoms with van der Waals surface area (Å²) in [5, 5.41) is 0. The summed E-state index contributed by atoms with van der Waals surface area (Å²) >= 11 is 0. The van der Waals surface area contributed by atoms with Crippen LogP contribution in [-0.4, -0.2) is 42.3 Å². The van der Waals surface area contributed by atoms with Crippen LogP contribution in [0.5, 0.6) is 0 Å². The van der Waals surface area contributed by atoms with Crippen molar-refractivity contribution in [2.45, 2.75) is 90.2 Å². The predicted molar refractivity (Wildman–Crippen MR) is 97.3 cm³/mol. The third-order valence-corrected chi connectivity index (χ3v) is 5.52. The van der Waals surface area contributed by atoms with Gasteiger partial charge in [0.25, 0.3) is 0 Å². The molecule has 0 spiro atoms. The van der Waals surface area contributed by atoms with E-state index in [1.807, 2.05) is 20.8 Å².